The molecule has 124 valence electrons. The molecule has 2 aliphatic heterocycles. The number of rotatable bonds is 2. The molecular formula is C18H17Cl2N3O. The summed E-state index contributed by atoms with van der Waals surface area (Å²) in [6.45, 7) is 2.06. The van der Waals surface area contributed by atoms with Gasteiger partial charge in [0.15, 0.2) is 0 Å². The molecule has 0 aromatic heterocycles. The highest BCUT2D eigenvalue weighted by Crippen LogP contribution is 2.44. The Labute approximate surface area is 150 Å². The summed E-state index contributed by atoms with van der Waals surface area (Å²) in [7, 11) is 0. The van der Waals surface area contributed by atoms with Crippen molar-refractivity contribution in [2.75, 3.05) is 0 Å². The van der Waals surface area contributed by atoms with Crippen molar-refractivity contribution in [2.45, 2.75) is 25.0 Å². The molecule has 2 aliphatic rings. The summed E-state index contributed by atoms with van der Waals surface area (Å²) in [6.07, 6.45) is 0. The first-order valence-corrected chi connectivity index (χ1v) is 8.63. The van der Waals surface area contributed by atoms with Gasteiger partial charge < -0.3 is 5.32 Å². The van der Waals surface area contributed by atoms with Crippen LogP contribution in [0.1, 0.15) is 28.8 Å². The van der Waals surface area contributed by atoms with Crippen molar-refractivity contribution in [3.8, 4) is 0 Å². The lowest BCUT2D eigenvalue weighted by atomic mass is 9.83. The number of hydrogen-bond donors (Lipinski definition) is 3. The number of nitrogens with one attached hydrogen (secondary N) is 3. The minimum absolute atomic E-state index is 0.0156. The molecule has 0 spiro atoms. The van der Waals surface area contributed by atoms with Crippen molar-refractivity contribution in [1.82, 2.24) is 16.2 Å². The highest BCUT2D eigenvalue weighted by molar-refractivity contribution is 6.35. The number of fused-ring (bicyclic) bond motifs is 1. The number of hydrogen-bond acceptors (Lipinski definition) is 3. The third kappa shape index (κ3) is 2.60. The van der Waals surface area contributed by atoms with Crippen LogP contribution in [0.5, 0.6) is 0 Å². The van der Waals surface area contributed by atoms with Gasteiger partial charge in [-0.15, -0.1) is 0 Å². The number of amides is 1. The van der Waals surface area contributed by atoms with Gasteiger partial charge in [-0.2, -0.15) is 0 Å². The molecule has 2 heterocycles. The van der Waals surface area contributed by atoms with Crippen LogP contribution in [-0.2, 0) is 4.79 Å². The highest BCUT2D eigenvalue weighted by Gasteiger charge is 2.51. The van der Waals surface area contributed by atoms with Crippen molar-refractivity contribution in [1.29, 1.82) is 0 Å². The molecule has 4 unspecified atom stereocenters. The van der Waals surface area contributed by atoms with E-state index in [9.17, 15) is 4.79 Å². The van der Waals surface area contributed by atoms with Crippen LogP contribution in [0.4, 0.5) is 0 Å². The van der Waals surface area contributed by atoms with Gasteiger partial charge in [0.1, 0.15) is 6.04 Å². The predicted octanol–water partition coefficient (Wildman–Crippen LogP) is 3.31. The van der Waals surface area contributed by atoms with Crippen molar-refractivity contribution in [2.24, 2.45) is 5.92 Å². The Morgan fingerprint density at radius 2 is 1.62 bits per heavy atom. The maximum absolute atomic E-state index is 12.4. The molecule has 4 rings (SSSR count). The van der Waals surface area contributed by atoms with Crippen LogP contribution in [0.2, 0.25) is 10.0 Å². The maximum atomic E-state index is 12.4. The lowest BCUT2D eigenvalue weighted by molar-refractivity contribution is -0.121. The fraction of sp³-hybridized carbons (Fsp3) is 0.278. The zero-order valence-corrected chi connectivity index (χ0v) is 14.5. The minimum Gasteiger partial charge on any atom is -0.347 e. The third-order valence-corrected chi connectivity index (χ3v) is 5.43. The van der Waals surface area contributed by atoms with Crippen LogP contribution in [0, 0.1) is 12.8 Å². The van der Waals surface area contributed by atoms with Crippen LogP contribution in [0.25, 0.3) is 0 Å². The smallest absolute Gasteiger partial charge is 0.239 e. The molecule has 4 nitrogen and oxygen atoms in total. The van der Waals surface area contributed by atoms with E-state index in [2.05, 4.69) is 47.4 Å². The normalized spacial score (nSPS) is 28.7. The highest BCUT2D eigenvalue weighted by atomic mass is 35.5. The Hall–Kier alpha value is -1.59. The van der Waals surface area contributed by atoms with E-state index in [0.717, 1.165) is 11.1 Å². The molecule has 2 saturated heterocycles. The topological polar surface area (TPSA) is 53.2 Å². The van der Waals surface area contributed by atoms with Crippen LogP contribution in [0.15, 0.2) is 42.5 Å². The molecule has 0 bridgehead atoms. The quantitative estimate of drug-likeness (QED) is 0.768. The molecule has 3 N–H and O–H groups in total. The van der Waals surface area contributed by atoms with Crippen LogP contribution >= 0.6 is 23.2 Å². The monoisotopic (exact) mass is 361 g/mol. The zero-order valence-electron chi connectivity index (χ0n) is 13.0. The Kier molecular flexibility index (Phi) is 4.01. The summed E-state index contributed by atoms with van der Waals surface area (Å²) >= 11 is 12.4. The fourth-order valence-corrected chi connectivity index (χ4v) is 4.17. The van der Waals surface area contributed by atoms with Gasteiger partial charge in [-0.3, -0.25) is 4.79 Å². The number of carbonyl (C=O) groups is 1. The van der Waals surface area contributed by atoms with Gasteiger partial charge in [-0.1, -0.05) is 59.1 Å². The van der Waals surface area contributed by atoms with E-state index in [-0.39, 0.29) is 30.0 Å². The molecule has 0 aliphatic carbocycles. The number of hydrazine groups is 1. The molecule has 0 radical (unpaired) electrons. The van der Waals surface area contributed by atoms with E-state index >= 15 is 0 Å². The van der Waals surface area contributed by atoms with Gasteiger partial charge in [0.05, 0.1) is 12.1 Å². The molecule has 24 heavy (non-hydrogen) atoms. The van der Waals surface area contributed by atoms with Crippen molar-refractivity contribution in [3.63, 3.8) is 0 Å². The molecule has 1 amide bonds. The lowest BCUT2D eigenvalue weighted by Crippen LogP contribution is -2.39. The van der Waals surface area contributed by atoms with Crippen LogP contribution in [-0.4, -0.2) is 11.9 Å². The van der Waals surface area contributed by atoms with E-state index in [4.69, 9.17) is 23.2 Å². The summed E-state index contributed by atoms with van der Waals surface area (Å²) in [5.41, 5.74) is 9.65. The SMILES string of the molecule is Cc1ccc(C2NNC3C(=O)NC(c4ccc(Cl)cc4Cl)C32)cc1. The van der Waals surface area contributed by atoms with Crippen LogP contribution in [0.3, 0.4) is 0 Å². The molecule has 2 aromatic rings. The third-order valence-electron chi connectivity index (χ3n) is 4.86. The summed E-state index contributed by atoms with van der Waals surface area (Å²) < 4.78 is 0. The van der Waals surface area contributed by atoms with E-state index in [0.29, 0.717) is 10.0 Å². The van der Waals surface area contributed by atoms with Gasteiger partial charge >= 0.3 is 0 Å². The Morgan fingerprint density at radius 1 is 0.917 bits per heavy atom. The lowest BCUT2D eigenvalue weighted by Gasteiger charge is -2.25. The molecule has 6 heteroatoms. The van der Waals surface area contributed by atoms with Crippen molar-refractivity contribution in [3.05, 3.63) is 69.2 Å². The molecular weight excluding hydrogens is 345 g/mol. The maximum Gasteiger partial charge on any atom is 0.239 e. The Bertz CT molecular complexity index is 793. The standard InChI is InChI=1S/C18H17Cl2N3O/c1-9-2-4-10(5-3-9)15-14-16(21-18(24)17(14)23-22-15)12-7-6-11(19)8-13(12)20/h2-8,14-17,22-23H,1H3,(H,21,24). The Balaban J connectivity index is 1.73. The molecule has 4 atom stereocenters. The minimum atomic E-state index is -0.284. The second-order valence-electron chi connectivity index (χ2n) is 6.38. The first-order chi connectivity index (χ1) is 11.5. The van der Waals surface area contributed by atoms with E-state index in [1.54, 1.807) is 12.1 Å². The van der Waals surface area contributed by atoms with Gasteiger partial charge in [-0.05, 0) is 30.2 Å². The Morgan fingerprint density at radius 3 is 2.33 bits per heavy atom. The zero-order chi connectivity index (χ0) is 16.8. The summed E-state index contributed by atoms with van der Waals surface area (Å²) in [4.78, 5) is 12.4. The van der Waals surface area contributed by atoms with E-state index < -0.39 is 0 Å². The number of benzene rings is 2. The second-order valence-corrected chi connectivity index (χ2v) is 7.23. The molecule has 2 fully saturated rings. The van der Waals surface area contributed by atoms with Gasteiger partial charge in [-0.25, -0.2) is 10.9 Å². The predicted molar refractivity (Wildman–Crippen MR) is 94.8 cm³/mol. The average molecular weight is 362 g/mol. The summed E-state index contributed by atoms with van der Waals surface area (Å²) in [5.74, 6) is 0.0111. The first-order valence-electron chi connectivity index (χ1n) is 7.87. The molecule has 0 saturated carbocycles. The van der Waals surface area contributed by atoms with Gasteiger partial charge in [0, 0.05) is 16.0 Å². The number of carbonyl (C=O) groups excluding carboxylic acids is 1. The van der Waals surface area contributed by atoms with E-state index in [1.165, 1.54) is 5.56 Å². The van der Waals surface area contributed by atoms with Crippen molar-refractivity contribution < 1.29 is 4.79 Å². The summed E-state index contributed by atoms with van der Waals surface area (Å²) in [5, 5.41) is 4.23. The number of halogens is 2. The van der Waals surface area contributed by atoms with Gasteiger partial charge in [0.25, 0.3) is 0 Å². The second kappa shape index (κ2) is 6.05. The first kappa shape index (κ1) is 15.9. The van der Waals surface area contributed by atoms with E-state index in [1.807, 2.05) is 6.07 Å². The largest absolute Gasteiger partial charge is 0.347 e. The van der Waals surface area contributed by atoms with Crippen molar-refractivity contribution >= 4 is 29.1 Å². The summed E-state index contributed by atoms with van der Waals surface area (Å²) in [6, 6.07) is 13.3. The fourth-order valence-electron chi connectivity index (χ4n) is 3.65. The number of aryl methyl sites for hydroxylation is 1. The molecule has 2 aromatic carbocycles. The van der Waals surface area contributed by atoms with Crippen LogP contribution < -0.4 is 16.2 Å². The van der Waals surface area contributed by atoms with Gasteiger partial charge in [0.2, 0.25) is 5.91 Å². The average Bonchev–Trinajstić information content (AvgIpc) is 3.10.